The fourth-order valence-electron chi connectivity index (χ4n) is 1.26. The zero-order valence-electron chi connectivity index (χ0n) is 8.04. The maximum absolute atomic E-state index is 13.3. The van der Waals surface area contributed by atoms with Gasteiger partial charge in [0.1, 0.15) is 23.1 Å². The van der Waals surface area contributed by atoms with E-state index in [-0.39, 0.29) is 5.69 Å². The van der Waals surface area contributed by atoms with Crippen LogP contribution in [0.2, 0.25) is 0 Å². The first-order valence-corrected chi connectivity index (χ1v) is 4.35. The molecule has 0 radical (unpaired) electrons. The van der Waals surface area contributed by atoms with Crippen LogP contribution in [0.25, 0.3) is 5.69 Å². The lowest BCUT2D eigenvalue weighted by Crippen LogP contribution is -2.00. The van der Waals surface area contributed by atoms with Crippen molar-refractivity contribution < 1.29 is 8.78 Å². The Hall–Kier alpha value is -1.91. The number of anilines is 1. The van der Waals surface area contributed by atoms with E-state index in [4.69, 9.17) is 5.73 Å². The Bertz CT molecular complexity index is 486. The second-order valence-electron chi connectivity index (χ2n) is 3.24. The van der Waals surface area contributed by atoms with Crippen LogP contribution in [0, 0.1) is 18.6 Å². The monoisotopic (exact) mass is 209 g/mol. The molecule has 2 rings (SSSR count). The zero-order chi connectivity index (χ0) is 11.0. The largest absolute Gasteiger partial charge is 0.382 e. The molecule has 2 aromatic rings. The summed E-state index contributed by atoms with van der Waals surface area (Å²) in [6, 6.07) is 3.18. The molecule has 1 aromatic heterocycles. The van der Waals surface area contributed by atoms with Crippen LogP contribution in [0.4, 0.5) is 14.6 Å². The van der Waals surface area contributed by atoms with Crippen LogP contribution in [0.5, 0.6) is 0 Å². The molecule has 1 heterocycles. The first-order valence-electron chi connectivity index (χ1n) is 4.35. The highest BCUT2D eigenvalue weighted by atomic mass is 19.1. The van der Waals surface area contributed by atoms with Gasteiger partial charge in [0.25, 0.3) is 0 Å². The molecule has 3 nitrogen and oxygen atoms in total. The molecule has 1 aromatic carbocycles. The van der Waals surface area contributed by atoms with Gasteiger partial charge in [-0.05, 0) is 19.1 Å². The van der Waals surface area contributed by atoms with E-state index in [0.717, 1.165) is 23.8 Å². The van der Waals surface area contributed by atoms with Gasteiger partial charge in [0.15, 0.2) is 0 Å². The summed E-state index contributed by atoms with van der Waals surface area (Å²) >= 11 is 0. The first-order chi connectivity index (χ1) is 7.08. The molecule has 0 saturated heterocycles. The third kappa shape index (κ3) is 1.68. The normalized spacial score (nSPS) is 10.6. The Morgan fingerprint density at radius 3 is 2.67 bits per heavy atom. The topological polar surface area (TPSA) is 43.8 Å². The van der Waals surface area contributed by atoms with Gasteiger partial charge in [0, 0.05) is 17.8 Å². The number of halogens is 2. The van der Waals surface area contributed by atoms with Crippen molar-refractivity contribution in [1.82, 2.24) is 9.78 Å². The van der Waals surface area contributed by atoms with E-state index in [9.17, 15) is 8.78 Å². The molecule has 15 heavy (non-hydrogen) atoms. The fraction of sp³-hybridized carbons (Fsp3) is 0.100. The summed E-state index contributed by atoms with van der Waals surface area (Å²) in [4.78, 5) is 0. The number of hydrogen-bond acceptors (Lipinski definition) is 2. The smallest absolute Gasteiger partial charge is 0.149 e. The molecule has 0 spiro atoms. The summed E-state index contributed by atoms with van der Waals surface area (Å²) in [5.41, 5.74) is 6.29. The molecular formula is C10H9F2N3. The molecular weight excluding hydrogens is 200 g/mol. The third-order valence-electron chi connectivity index (χ3n) is 2.09. The van der Waals surface area contributed by atoms with Crippen molar-refractivity contribution >= 4 is 5.82 Å². The van der Waals surface area contributed by atoms with Crippen LogP contribution in [0.3, 0.4) is 0 Å². The summed E-state index contributed by atoms with van der Waals surface area (Å²) in [7, 11) is 0. The van der Waals surface area contributed by atoms with Crippen molar-refractivity contribution in [2.24, 2.45) is 0 Å². The molecule has 0 amide bonds. The minimum Gasteiger partial charge on any atom is -0.382 e. The average Bonchev–Trinajstić information content (AvgIpc) is 2.51. The highest BCUT2D eigenvalue weighted by Gasteiger charge is 2.08. The van der Waals surface area contributed by atoms with Crippen LogP contribution >= 0.6 is 0 Å². The predicted octanol–water partition coefficient (Wildman–Crippen LogP) is 2.04. The van der Waals surface area contributed by atoms with Crippen molar-refractivity contribution in [1.29, 1.82) is 0 Å². The Morgan fingerprint density at radius 2 is 2.07 bits per heavy atom. The van der Waals surface area contributed by atoms with E-state index in [1.807, 2.05) is 0 Å². The molecule has 0 unspecified atom stereocenters. The van der Waals surface area contributed by atoms with Crippen molar-refractivity contribution in [3.8, 4) is 5.69 Å². The summed E-state index contributed by atoms with van der Waals surface area (Å²) in [5.74, 6) is -0.754. The van der Waals surface area contributed by atoms with Gasteiger partial charge in [-0.25, -0.2) is 13.5 Å². The summed E-state index contributed by atoms with van der Waals surface area (Å²) in [6.45, 7) is 1.75. The van der Waals surface area contributed by atoms with E-state index in [1.54, 1.807) is 13.1 Å². The molecule has 0 atom stereocenters. The SMILES string of the molecule is Cc1cn(-c2cc(F)ccc2F)nc1N. The number of rotatable bonds is 1. The number of nitrogens with zero attached hydrogens (tertiary/aromatic N) is 2. The van der Waals surface area contributed by atoms with E-state index in [2.05, 4.69) is 5.10 Å². The number of hydrogen-bond donors (Lipinski definition) is 1. The standard InChI is InChI=1S/C10H9F2N3/c1-6-5-15(14-10(6)13)9-4-7(11)2-3-8(9)12/h2-5H,1H3,(H2,13,14). The molecule has 0 aliphatic heterocycles. The minimum absolute atomic E-state index is 0.0507. The van der Waals surface area contributed by atoms with Gasteiger partial charge in [-0.2, -0.15) is 5.10 Å². The third-order valence-corrected chi connectivity index (χ3v) is 2.09. The fourth-order valence-corrected chi connectivity index (χ4v) is 1.26. The average molecular weight is 209 g/mol. The zero-order valence-corrected chi connectivity index (χ0v) is 8.04. The number of benzene rings is 1. The van der Waals surface area contributed by atoms with E-state index >= 15 is 0 Å². The lowest BCUT2D eigenvalue weighted by molar-refractivity contribution is 0.587. The number of nitrogen functional groups attached to an aromatic ring is 1. The molecule has 78 valence electrons. The van der Waals surface area contributed by atoms with Crippen LogP contribution < -0.4 is 5.73 Å². The molecule has 0 bridgehead atoms. The van der Waals surface area contributed by atoms with E-state index in [1.165, 1.54) is 4.68 Å². The van der Waals surface area contributed by atoms with E-state index < -0.39 is 11.6 Å². The number of aryl methyl sites for hydroxylation is 1. The van der Waals surface area contributed by atoms with Gasteiger partial charge in [-0.15, -0.1) is 0 Å². The summed E-state index contributed by atoms with van der Waals surface area (Å²) in [5, 5.41) is 3.87. The summed E-state index contributed by atoms with van der Waals surface area (Å²) in [6.07, 6.45) is 1.55. The molecule has 0 saturated carbocycles. The second-order valence-corrected chi connectivity index (χ2v) is 3.24. The Morgan fingerprint density at radius 1 is 1.33 bits per heavy atom. The number of aromatic nitrogens is 2. The van der Waals surface area contributed by atoms with Gasteiger partial charge >= 0.3 is 0 Å². The molecule has 0 aliphatic rings. The second kappa shape index (κ2) is 3.34. The Balaban J connectivity index is 2.58. The molecule has 0 fully saturated rings. The van der Waals surface area contributed by atoms with Crippen molar-refractivity contribution in [2.45, 2.75) is 6.92 Å². The van der Waals surface area contributed by atoms with Crippen LogP contribution in [0.15, 0.2) is 24.4 Å². The maximum atomic E-state index is 13.3. The molecule has 0 aliphatic carbocycles. The summed E-state index contributed by atoms with van der Waals surface area (Å²) < 4.78 is 27.5. The Labute approximate surface area is 85.1 Å². The van der Waals surface area contributed by atoms with Gasteiger partial charge in [0.2, 0.25) is 0 Å². The van der Waals surface area contributed by atoms with Crippen LogP contribution in [-0.2, 0) is 0 Å². The molecule has 5 heteroatoms. The van der Waals surface area contributed by atoms with Crippen LogP contribution in [-0.4, -0.2) is 9.78 Å². The maximum Gasteiger partial charge on any atom is 0.149 e. The predicted molar refractivity (Wildman–Crippen MR) is 52.6 cm³/mol. The minimum atomic E-state index is -0.543. The lowest BCUT2D eigenvalue weighted by Gasteiger charge is -2.02. The van der Waals surface area contributed by atoms with Gasteiger partial charge in [-0.3, -0.25) is 0 Å². The van der Waals surface area contributed by atoms with Crippen molar-refractivity contribution in [2.75, 3.05) is 5.73 Å². The highest BCUT2D eigenvalue weighted by molar-refractivity contribution is 5.41. The van der Waals surface area contributed by atoms with Crippen molar-refractivity contribution in [3.63, 3.8) is 0 Å². The first kappa shape index (κ1) is 9.64. The van der Waals surface area contributed by atoms with Gasteiger partial charge < -0.3 is 5.73 Å². The van der Waals surface area contributed by atoms with E-state index in [0.29, 0.717) is 5.82 Å². The van der Waals surface area contributed by atoms with Crippen molar-refractivity contribution in [3.05, 3.63) is 41.6 Å². The van der Waals surface area contributed by atoms with Gasteiger partial charge in [-0.1, -0.05) is 0 Å². The van der Waals surface area contributed by atoms with Gasteiger partial charge in [0.05, 0.1) is 0 Å². The lowest BCUT2D eigenvalue weighted by atomic mass is 10.3. The quantitative estimate of drug-likeness (QED) is 0.781. The van der Waals surface area contributed by atoms with Crippen LogP contribution in [0.1, 0.15) is 5.56 Å². The molecule has 2 N–H and O–H groups in total. The Kier molecular flexibility index (Phi) is 2.15. The number of nitrogens with two attached hydrogens (primary N) is 1. The highest BCUT2D eigenvalue weighted by Crippen LogP contribution is 2.17.